The highest BCUT2D eigenvalue weighted by atomic mass is 35.5. The third kappa shape index (κ3) is 2.58. The van der Waals surface area contributed by atoms with Gasteiger partial charge in [-0.2, -0.15) is 12.2 Å². The first-order valence-corrected chi connectivity index (χ1v) is 5.49. The highest BCUT2D eigenvalue weighted by Crippen LogP contribution is 2.23. The van der Waals surface area contributed by atoms with E-state index in [0.717, 1.165) is 0 Å². The Kier molecular flexibility index (Phi) is 3.18. The predicted molar refractivity (Wildman–Crippen MR) is 54.8 cm³/mol. The topological polar surface area (TPSA) is 101 Å². The van der Waals surface area contributed by atoms with E-state index in [9.17, 15) is 13.2 Å². The van der Waals surface area contributed by atoms with Gasteiger partial charge in [-0.1, -0.05) is 12.1 Å². The summed E-state index contributed by atoms with van der Waals surface area (Å²) in [6.45, 7) is 0. The molecule has 0 heterocycles. The van der Waals surface area contributed by atoms with Gasteiger partial charge in [-0.3, -0.25) is 0 Å². The Morgan fingerprint density at radius 3 is 2.40 bits per heavy atom. The number of hydrogen-bond acceptors (Lipinski definition) is 3. The highest BCUT2D eigenvalue weighted by molar-refractivity contribution is 7.91. The number of anilines is 1. The van der Waals surface area contributed by atoms with Gasteiger partial charge in [0, 0.05) is 11.8 Å². The van der Waals surface area contributed by atoms with Gasteiger partial charge in [-0.05, 0) is 12.1 Å². The Morgan fingerprint density at radius 1 is 1.40 bits per heavy atom. The summed E-state index contributed by atoms with van der Waals surface area (Å²) in [6.07, 6.45) is 0. The number of nitrogens with two attached hydrogens (primary N) is 1. The van der Waals surface area contributed by atoms with E-state index < -0.39 is 16.2 Å². The molecule has 1 aromatic rings. The van der Waals surface area contributed by atoms with Gasteiger partial charge >= 0.3 is 16.2 Å². The van der Waals surface area contributed by atoms with Crippen molar-refractivity contribution in [3.8, 4) is 0 Å². The molecule has 0 saturated carbocycles. The molecule has 0 aliphatic carbocycles. The van der Waals surface area contributed by atoms with E-state index in [2.05, 4.69) is 0 Å². The molecule has 0 aliphatic rings. The van der Waals surface area contributed by atoms with Gasteiger partial charge < -0.3 is 5.11 Å². The van der Waals surface area contributed by atoms with Crippen LogP contribution < -0.4 is 8.96 Å². The largest absolute Gasteiger partial charge is 0.478 e. The van der Waals surface area contributed by atoms with Crippen molar-refractivity contribution in [1.82, 2.24) is 0 Å². The zero-order chi connectivity index (χ0) is 11.6. The number of carbonyl (C=O) groups is 1. The molecular formula is C7H7ClN2O4S. The van der Waals surface area contributed by atoms with Crippen LogP contribution in [0.2, 0.25) is 0 Å². The van der Waals surface area contributed by atoms with Crippen molar-refractivity contribution in [1.29, 1.82) is 0 Å². The molecular weight excluding hydrogens is 244 g/mol. The van der Waals surface area contributed by atoms with Crippen LogP contribution in [0.15, 0.2) is 24.3 Å². The summed E-state index contributed by atoms with van der Waals surface area (Å²) in [5.74, 6) is -1.29. The van der Waals surface area contributed by atoms with E-state index in [1.807, 2.05) is 0 Å². The van der Waals surface area contributed by atoms with Crippen molar-refractivity contribution in [2.45, 2.75) is 0 Å². The van der Waals surface area contributed by atoms with E-state index in [-0.39, 0.29) is 15.1 Å². The van der Waals surface area contributed by atoms with E-state index in [4.69, 9.17) is 22.0 Å². The maximum atomic E-state index is 10.9. The Bertz CT molecular complexity index is 488. The molecule has 15 heavy (non-hydrogen) atoms. The zero-order valence-electron chi connectivity index (χ0n) is 7.29. The normalized spacial score (nSPS) is 11.1. The number of rotatable bonds is 3. The molecule has 0 aromatic heterocycles. The lowest BCUT2D eigenvalue weighted by atomic mass is 10.2. The van der Waals surface area contributed by atoms with Gasteiger partial charge in [-0.25, -0.2) is 9.93 Å². The first kappa shape index (κ1) is 11.8. The predicted octanol–water partition coefficient (Wildman–Crippen LogP) is 0.549. The molecule has 0 bridgehead atoms. The number of carboxylic acid groups (broad SMARTS) is 1. The minimum Gasteiger partial charge on any atom is -0.478 e. The molecule has 0 fully saturated rings. The number of carboxylic acids is 1. The number of para-hydroxylation sites is 1. The Morgan fingerprint density at radius 2 is 1.93 bits per heavy atom. The second kappa shape index (κ2) is 4.05. The molecule has 0 saturated heterocycles. The van der Waals surface area contributed by atoms with Gasteiger partial charge in [0.15, 0.2) is 0 Å². The first-order valence-electron chi connectivity index (χ1n) is 3.65. The second-order valence-electron chi connectivity index (χ2n) is 2.58. The fraction of sp³-hybridized carbons (Fsp3) is 0. The van der Waals surface area contributed by atoms with Gasteiger partial charge in [0.2, 0.25) is 0 Å². The molecule has 3 N–H and O–H groups in total. The average molecular weight is 251 g/mol. The standard InChI is InChI=1S/C7H7ClN2O4S/c8-10(15(9,13)14)6-4-2-1-3-5(6)7(11)12/h1-4H,(H,11,12)(H2,9,13,14). The van der Waals surface area contributed by atoms with Crippen molar-refractivity contribution in [2.75, 3.05) is 3.82 Å². The molecule has 0 unspecified atom stereocenters. The van der Waals surface area contributed by atoms with Crippen molar-refractivity contribution in [2.24, 2.45) is 5.14 Å². The van der Waals surface area contributed by atoms with Crippen LogP contribution >= 0.6 is 11.8 Å². The summed E-state index contributed by atoms with van der Waals surface area (Å²) in [6, 6.07) is 5.35. The molecule has 0 amide bonds. The molecule has 1 rings (SSSR count). The summed E-state index contributed by atoms with van der Waals surface area (Å²) in [5.41, 5.74) is -0.448. The zero-order valence-corrected chi connectivity index (χ0v) is 8.86. The fourth-order valence-corrected chi connectivity index (χ4v) is 1.53. The van der Waals surface area contributed by atoms with Gasteiger partial charge in [-0.15, -0.1) is 0 Å². The van der Waals surface area contributed by atoms with Crippen LogP contribution in [0, 0.1) is 0 Å². The quantitative estimate of drug-likeness (QED) is 0.765. The summed E-state index contributed by atoms with van der Waals surface area (Å²) in [4.78, 5) is 10.7. The van der Waals surface area contributed by atoms with E-state index >= 15 is 0 Å². The van der Waals surface area contributed by atoms with Crippen molar-refractivity contribution in [3.05, 3.63) is 29.8 Å². The molecule has 82 valence electrons. The minimum atomic E-state index is -4.18. The van der Waals surface area contributed by atoms with Crippen LogP contribution in [0.25, 0.3) is 0 Å². The number of hydrogen-bond donors (Lipinski definition) is 2. The van der Waals surface area contributed by atoms with Crippen LogP contribution in [-0.4, -0.2) is 19.5 Å². The summed E-state index contributed by atoms with van der Waals surface area (Å²) in [5, 5.41) is 13.5. The first-order chi connectivity index (χ1) is 6.84. The Balaban J connectivity index is 3.32. The third-order valence-electron chi connectivity index (χ3n) is 1.55. The van der Waals surface area contributed by atoms with E-state index in [1.165, 1.54) is 24.3 Å². The number of halogens is 1. The highest BCUT2D eigenvalue weighted by Gasteiger charge is 2.21. The van der Waals surface area contributed by atoms with Crippen LogP contribution in [0.4, 0.5) is 5.69 Å². The molecule has 6 nitrogen and oxygen atoms in total. The van der Waals surface area contributed by atoms with E-state index in [1.54, 1.807) is 0 Å². The van der Waals surface area contributed by atoms with Crippen LogP contribution in [0.5, 0.6) is 0 Å². The van der Waals surface area contributed by atoms with Gasteiger partial charge in [0.05, 0.1) is 11.3 Å². The summed E-state index contributed by atoms with van der Waals surface area (Å²) < 4.78 is 22.0. The smallest absolute Gasteiger partial charge is 0.337 e. The van der Waals surface area contributed by atoms with E-state index in [0.29, 0.717) is 0 Å². The van der Waals surface area contributed by atoms with Crippen molar-refractivity contribution >= 4 is 33.6 Å². The Hall–Kier alpha value is -1.31. The maximum Gasteiger partial charge on any atom is 0.337 e. The fourth-order valence-electron chi connectivity index (χ4n) is 0.945. The molecule has 0 radical (unpaired) electrons. The molecule has 1 aromatic carbocycles. The van der Waals surface area contributed by atoms with Crippen LogP contribution in [0.1, 0.15) is 10.4 Å². The van der Waals surface area contributed by atoms with Crippen LogP contribution in [0.3, 0.4) is 0 Å². The summed E-state index contributed by atoms with van der Waals surface area (Å²) in [7, 11) is -4.18. The summed E-state index contributed by atoms with van der Waals surface area (Å²) >= 11 is 5.39. The molecule has 8 heteroatoms. The molecule has 0 spiro atoms. The van der Waals surface area contributed by atoms with Gasteiger partial charge in [0.1, 0.15) is 0 Å². The number of aromatic carboxylic acids is 1. The lowest BCUT2D eigenvalue weighted by molar-refractivity contribution is 0.0698. The number of benzene rings is 1. The molecule has 0 aliphatic heterocycles. The lowest BCUT2D eigenvalue weighted by Gasteiger charge is -2.14. The average Bonchev–Trinajstić information content (AvgIpc) is 2.15. The van der Waals surface area contributed by atoms with Crippen LogP contribution in [-0.2, 0) is 10.2 Å². The second-order valence-corrected chi connectivity index (χ2v) is 4.52. The number of nitrogens with zero attached hydrogens (tertiary/aromatic N) is 1. The lowest BCUT2D eigenvalue weighted by Crippen LogP contribution is -2.29. The Labute approximate surface area is 91.2 Å². The van der Waals surface area contributed by atoms with Crippen molar-refractivity contribution in [3.63, 3.8) is 0 Å². The third-order valence-corrected chi connectivity index (χ3v) is 2.95. The SMILES string of the molecule is NS(=O)(=O)N(Cl)c1ccccc1C(=O)O. The minimum absolute atomic E-state index is 0.191. The monoisotopic (exact) mass is 250 g/mol. The maximum absolute atomic E-state index is 10.9. The molecule has 0 atom stereocenters. The van der Waals surface area contributed by atoms with Crippen molar-refractivity contribution < 1.29 is 18.3 Å². The van der Waals surface area contributed by atoms with Gasteiger partial charge in [0.25, 0.3) is 0 Å².